The maximum Gasteiger partial charge on any atom is 0.329 e. The number of carbonyl (C=O) groups excluding carboxylic acids is 5. The number of benzene rings is 2. The lowest BCUT2D eigenvalue weighted by molar-refractivity contribution is -0.147. The molecule has 0 saturated carbocycles. The van der Waals surface area contributed by atoms with E-state index < -0.39 is 36.2 Å². The van der Waals surface area contributed by atoms with Crippen molar-refractivity contribution in [1.29, 1.82) is 0 Å². The summed E-state index contributed by atoms with van der Waals surface area (Å²) in [6, 6.07) is 12.1. The first-order valence-corrected chi connectivity index (χ1v) is 11.2. The highest BCUT2D eigenvalue weighted by Gasteiger charge is 2.43. The van der Waals surface area contributed by atoms with Crippen LogP contribution in [-0.2, 0) is 20.7 Å². The van der Waals surface area contributed by atoms with Crippen molar-refractivity contribution < 1.29 is 28.7 Å². The topological polar surface area (TPSA) is 110 Å². The summed E-state index contributed by atoms with van der Waals surface area (Å²) in [6.45, 7) is 5.19. The van der Waals surface area contributed by atoms with Crippen molar-refractivity contribution in [3.05, 3.63) is 70.8 Å². The molecule has 0 radical (unpaired) electrons. The molecular weight excluding hydrogens is 436 g/mol. The van der Waals surface area contributed by atoms with Gasteiger partial charge < -0.3 is 10.1 Å². The Bertz CT molecular complexity index is 1070. The van der Waals surface area contributed by atoms with Crippen LogP contribution >= 0.6 is 0 Å². The number of Topliss-reactive ketones (excluding diaryl/α,β-unsaturated/α-hetero) is 1. The van der Waals surface area contributed by atoms with Gasteiger partial charge in [-0.1, -0.05) is 50.2 Å². The van der Waals surface area contributed by atoms with Gasteiger partial charge in [0.05, 0.1) is 11.1 Å². The Morgan fingerprint density at radius 2 is 1.53 bits per heavy atom. The van der Waals surface area contributed by atoms with E-state index in [4.69, 9.17) is 4.74 Å². The minimum Gasteiger partial charge on any atom is -0.456 e. The fraction of sp³-hybridized carbons (Fsp3) is 0.346. The van der Waals surface area contributed by atoms with Crippen molar-refractivity contribution in [2.75, 3.05) is 13.2 Å². The molecule has 1 atom stereocenters. The highest BCUT2D eigenvalue weighted by molar-refractivity contribution is 6.22. The molecule has 0 saturated heterocycles. The summed E-state index contributed by atoms with van der Waals surface area (Å²) < 4.78 is 5.27. The van der Waals surface area contributed by atoms with Gasteiger partial charge in [-0.15, -0.1) is 0 Å². The Morgan fingerprint density at radius 1 is 0.941 bits per heavy atom. The zero-order valence-electron chi connectivity index (χ0n) is 19.5. The van der Waals surface area contributed by atoms with Crippen LogP contribution in [0.2, 0.25) is 0 Å². The molecule has 0 fully saturated rings. The molecule has 8 nitrogen and oxygen atoms in total. The molecule has 8 heteroatoms. The lowest BCUT2D eigenvalue weighted by atomic mass is 10.0. The minimum atomic E-state index is -1.11. The average Bonchev–Trinajstić information content (AvgIpc) is 3.06. The van der Waals surface area contributed by atoms with Gasteiger partial charge in [0.2, 0.25) is 5.91 Å². The van der Waals surface area contributed by atoms with E-state index in [9.17, 15) is 24.0 Å². The van der Waals surface area contributed by atoms with E-state index in [2.05, 4.69) is 5.32 Å². The molecule has 1 aliphatic rings. The Hall–Kier alpha value is -3.81. The number of imide groups is 1. The van der Waals surface area contributed by atoms with Crippen LogP contribution in [0.5, 0.6) is 0 Å². The van der Waals surface area contributed by atoms with Crippen LogP contribution in [0.4, 0.5) is 0 Å². The molecule has 0 unspecified atom stereocenters. The largest absolute Gasteiger partial charge is 0.456 e. The normalized spacial score (nSPS) is 13.6. The molecule has 2 aromatic rings. The molecule has 1 aliphatic heterocycles. The van der Waals surface area contributed by atoms with Gasteiger partial charge in [0.25, 0.3) is 11.8 Å². The zero-order chi connectivity index (χ0) is 24.8. The van der Waals surface area contributed by atoms with Crippen molar-refractivity contribution in [2.24, 2.45) is 5.92 Å². The van der Waals surface area contributed by atoms with Gasteiger partial charge in [0, 0.05) is 19.0 Å². The molecular formula is C26H28N2O6. The number of nitrogens with one attached hydrogen (secondary N) is 1. The van der Waals surface area contributed by atoms with Crippen molar-refractivity contribution in [1.82, 2.24) is 10.2 Å². The third kappa shape index (κ3) is 5.75. The Balaban J connectivity index is 1.64. The predicted octanol–water partition coefficient (Wildman–Crippen LogP) is 2.80. The highest BCUT2D eigenvalue weighted by Crippen LogP contribution is 2.27. The van der Waals surface area contributed by atoms with Crippen LogP contribution in [0.25, 0.3) is 0 Å². The lowest BCUT2D eigenvalue weighted by Crippen LogP contribution is -2.46. The van der Waals surface area contributed by atoms with Gasteiger partial charge in [-0.2, -0.15) is 0 Å². The van der Waals surface area contributed by atoms with E-state index >= 15 is 0 Å². The summed E-state index contributed by atoms with van der Waals surface area (Å²) >= 11 is 0. The summed E-state index contributed by atoms with van der Waals surface area (Å²) in [5.74, 6) is -2.36. The van der Waals surface area contributed by atoms with Crippen LogP contribution in [-0.4, -0.2) is 53.6 Å². The lowest BCUT2D eigenvalue weighted by Gasteiger charge is -2.25. The third-order valence-corrected chi connectivity index (χ3v) is 5.51. The second-order valence-electron chi connectivity index (χ2n) is 8.63. The quantitative estimate of drug-likeness (QED) is 0.329. The number of amides is 3. The van der Waals surface area contributed by atoms with Gasteiger partial charge >= 0.3 is 5.97 Å². The van der Waals surface area contributed by atoms with Crippen molar-refractivity contribution >= 4 is 29.5 Å². The summed E-state index contributed by atoms with van der Waals surface area (Å²) in [6.07, 6.45) is 0.849. The van der Waals surface area contributed by atoms with Crippen molar-refractivity contribution in [3.63, 3.8) is 0 Å². The fourth-order valence-corrected chi connectivity index (χ4v) is 3.80. The number of carbonyl (C=O) groups is 5. The standard InChI is InChI=1S/C26H28N2O6/c1-16(2)14-22(28-24(31)20-6-4-5-7-21(20)25(28)32)26(33)34-15-23(30)19-10-8-18(9-11-19)12-13-27-17(3)29/h4-11,16,22H,12-15H2,1-3H3,(H,27,29)/t22-/m0/s1. The van der Waals surface area contributed by atoms with Crippen molar-refractivity contribution in [3.8, 4) is 0 Å². The van der Waals surface area contributed by atoms with Crippen molar-refractivity contribution in [2.45, 2.75) is 39.7 Å². The van der Waals surface area contributed by atoms with Crippen LogP contribution in [0, 0.1) is 5.92 Å². The fourth-order valence-electron chi connectivity index (χ4n) is 3.80. The summed E-state index contributed by atoms with van der Waals surface area (Å²) in [4.78, 5) is 63.1. The minimum absolute atomic E-state index is 0.00241. The SMILES string of the molecule is CC(=O)NCCc1ccc(C(=O)COC(=O)[C@H](CC(C)C)N2C(=O)c3ccccc3C2=O)cc1. The van der Waals surface area contributed by atoms with Gasteiger partial charge in [-0.3, -0.25) is 24.1 Å². The maximum atomic E-state index is 12.9. The molecule has 0 spiro atoms. The van der Waals surface area contributed by atoms with E-state index in [0.717, 1.165) is 10.5 Å². The van der Waals surface area contributed by atoms with Crippen LogP contribution in [0.15, 0.2) is 48.5 Å². The summed E-state index contributed by atoms with van der Waals surface area (Å²) in [5, 5.41) is 2.71. The smallest absolute Gasteiger partial charge is 0.329 e. The Kier molecular flexibility index (Phi) is 7.94. The Labute approximate surface area is 198 Å². The molecule has 34 heavy (non-hydrogen) atoms. The first-order chi connectivity index (χ1) is 16.2. The van der Waals surface area contributed by atoms with Crippen LogP contribution in [0.3, 0.4) is 0 Å². The molecule has 2 aromatic carbocycles. The molecule has 0 bridgehead atoms. The number of hydrogen-bond donors (Lipinski definition) is 1. The van der Waals surface area contributed by atoms with E-state index in [1.54, 1.807) is 48.5 Å². The molecule has 1 N–H and O–H groups in total. The number of rotatable bonds is 10. The maximum absolute atomic E-state index is 12.9. The Morgan fingerprint density at radius 3 is 2.06 bits per heavy atom. The number of hydrogen-bond acceptors (Lipinski definition) is 6. The number of ketones is 1. The van der Waals surface area contributed by atoms with E-state index in [-0.39, 0.29) is 29.4 Å². The first-order valence-electron chi connectivity index (χ1n) is 11.2. The van der Waals surface area contributed by atoms with Gasteiger partial charge in [-0.05, 0) is 36.5 Å². The molecule has 178 valence electrons. The monoisotopic (exact) mass is 464 g/mol. The van der Waals surface area contributed by atoms with Gasteiger partial charge in [-0.25, -0.2) is 4.79 Å². The van der Waals surface area contributed by atoms with E-state index in [1.807, 2.05) is 13.8 Å². The highest BCUT2D eigenvalue weighted by atomic mass is 16.5. The molecule has 3 amide bonds. The van der Waals surface area contributed by atoms with Crippen LogP contribution in [0.1, 0.15) is 63.8 Å². The van der Waals surface area contributed by atoms with Crippen LogP contribution < -0.4 is 5.32 Å². The second kappa shape index (κ2) is 10.9. The number of esters is 1. The number of nitrogens with zero attached hydrogens (tertiary/aromatic N) is 1. The molecule has 0 aromatic heterocycles. The first kappa shape index (κ1) is 24.8. The second-order valence-corrected chi connectivity index (χ2v) is 8.63. The van der Waals surface area contributed by atoms with E-state index in [0.29, 0.717) is 18.5 Å². The van der Waals surface area contributed by atoms with Gasteiger partial charge in [0.15, 0.2) is 12.4 Å². The number of ether oxygens (including phenoxy) is 1. The summed E-state index contributed by atoms with van der Waals surface area (Å²) in [7, 11) is 0. The summed E-state index contributed by atoms with van der Waals surface area (Å²) in [5.41, 5.74) is 1.83. The third-order valence-electron chi connectivity index (χ3n) is 5.51. The zero-order valence-corrected chi connectivity index (χ0v) is 19.5. The molecule has 1 heterocycles. The van der Waals surface area contributed by atoms with Gasteiger partial charge in [0.1, 0.15) is 6.04 Å². The van der Waals surface area contributed by atoms with E-state index in [1.165, 1.54) is 6.92 Å². The molecule has 0 aliphatic carbocycles. The average molecular weight is 465 g/mol. The number of fused-ring (bicyclic) bond motifs is 1. The molecule has 3 rings (SSSR count). The predicted molar refractivity (Wildman–Crippen MR) is 124 cm³/mol.